The molecule has 0 heterocycles. The summed E-state index contributed by atoms with van der Waals surface area (Å²) in [5, 5.41) is 3.84. The summed E-state index contributed by atoms with van der Waals surface area (Å²) >= 11 is 0. The lowest BCUT2D eigenvalue weighted by Gasteiger charge is -2.06. The fourth-order valence-electron chi connectivity index (χ4n) is 1.72. The third-order valence-corrected chi connectivity index (χ3v) is 2.81. The highest BCUT2D eigenvalue weighted by Gasteiger charge is 2.03. The number of carbonyl (C=O) groups excluding carboxylic acids is 1. The van der Waals surface area contributed by atoms with Gasteiger partial charge in [-0.3, -0.25) is 4.79 Å². The average Bonchev–Trinajstić information content (AvgIpc) is 2.60. The van der Waals surface area contributed by atoms with Gasteiger partial charge in [-0.25, -0.2) is 9.82 Å². The number of rotatable bonds is 7. The number of benzene rings is 2. The molecule has 0 aromatic heterocycles. The molecule has 122 valence electrons. The highest BCUT2D eigenvalue weighted by atomic mass is 19.1. The van der Waals surface area contributed by atoms with Crippen LogP contribution >= 0.6 is 0 Å². The van der Waals surface area contributed by atoms with Crippen molar-refractivity contribution in [1.82, 2.24) is 5.43 Å². The van der Waals surface area contributed by atoms with Crippen LogP contribution in [0.3, 0.4) is 0 Å². The van der Waals surface area contributed by atoms with E-state index < -0.39 is 5.91 Å². The fraction of sp³-hybridized carbons (Fsp3) is 0.111. The van der Waals surface area contributed by atoms with Gasteiger partial charge in [0.05, 0.1) is 6.21 Å². The predicted octanol–water partition coefficient (Wildman–Crippen LogP) is 2.37. The third kappa shape index (κ3) is 5.46. The molecule has 1 N–H and O–H groups in total. The van der Waals surface area contributed by atoms with Crippen LogP contribution in [0.5, 0.6) is 11.5 Å². The Morgan fingerprint density at radius 1 is 1.21 bits per heavy atom. The fourth-order valence-corrected chi connectivity index (χ4v) is 1.72. The smallest absolute Gasteiger partial charge is 0.277 e. The molecule has 0 unspecified atom stereocenters. The molecule has 0 saturated carbocycles. The molecular weight excluding hydrogens is 311 g/mol. The molecule has 0 aliphatic carbocycles. The van der Waals surface area contributed by atoms with E-state index in [4.69, 9.17) is 15.9 Å². The molecule has 24 heavy (non-hydrogen) atoms. The first kappa shape index (κ1) is 17.0. The standard InChI is InChI=1S/C18H15FN2O3/c1-2-11-23-17-6-4-3-5-14(17)12-20-21-18(22)13-24-16-9-7-15(19)8-10-16/h1,3-10,12H,11,13H2,(H,21,22)/b20-12-. The average molecular weight is 326 g/mol. The number of hydrazone groups is 1. The third-order valence-electron chi connectivity index (χ3n) is 2.81. The molecule has 2 aromatic rings. The van der Waals surface area contributed by atoms with Gasteiger partial charge in [-0.1, -0.05) is 18.1 Å². The molecule has 1 amide bonds. The van der Waals surface area contributed by atoms with Crippen molar-refractivity contribution in [2.75, 3.05) is 13.2 Å². The summed E-state index contributed by atoms with van der Waals surface area (Å²) in [5.74, 6) is 2.52. The van der Waals surface area contributed by atoms with Gasteiger partial charge in [0.2, 0.25) is 0 Å². The second kappa shape index (κ2) is 8.96. The zero-order valence-electron chi connectivity index (χ0n) is 12.7. The van der Waals surface area contributed by atoms with E-state index in [0.29, 0.717) is 17.1 Å². The van der Waals surface area contributed by atoms with Crippen molar-refractivity contribution in [3.8, 4) is 23.8 Å². The van der Waals surface area contributed by atoms with Crippen LogP contribution < -0.4 is 14.9 Å². The lowest BCUT2D eigenvalue weighted by Crippen LogP contribution is -2.24. The van der Waals surface area contributed by atoms with Gasteiger partial charge in [0.25, 0.3) is 5.91 Å². The monoisotopic (exact) mass is 326 g/mol. The maximum absolute atomic E-state index is 12.7. The Labute approximate surface area is 139 Å². The first-order valence-electron chi connectivity index (χ1n) is 7.04. The maximum atomic E-state index is 12.7. The molecule has 0 radical (unpaired) electrons. The first-order valence-corrected chi connectivity index (χ1v) is 7.04. The zero-order chi connectivity index (χ0) is 17.2. The van der Waals surface area contributed by atoms with E-state index in [1.165, 1.54) is 30.5 Å². The number of nitrogens with zero attached hydrogens (tertiary/aromatic N) is 1. The minimum Gasteiger partial charge on any atom is -0.484 e. The Morgan fingerprint density at radius 3 is 2.71 bits per heavy atom. The van der Waals surface area contributed by atoms with Crippen LogP contribution in [0.4, 0.5) is 4.39 Å². The van der Waals surface area contributed by atoms with Crippen LogP contribution in [0.25, 0.3) is 0 Å². The van der Waals surface area contributed by atoms with Crippen LogP contribution in [0.1, 0.15) is 5.56 Å². The van der Waals surface area contributed by atoms with Gasteiger partial charge in [-0.2, -0.15) is 5.10 Å². The second-order valence-electron chi connectivity index (χ2n) is 4.57. The molecule has 0 bridgehead atoms. The summed E-state index contributed by atoms with van der Waals surface area (Å²) in [6, 6.07) is 12.5. The molecule has 2 rings (SSSR count). The summed E-state index contributed by atoms with van der Waals surface area (Å²) in [5.41, 5.74) is 3.01. The van der Waals surface area contributed by atoms with Crippen molar-refractivity contribution in [2.45, 2.75) is 0 Å². The van der Waals surface area contributed by atoms with Crippen molar-refractivity contribution in [1.29, 1.82) is 0 Å². The Balaban J connectivity index is 1.84. The minimum absolute atomic E-state index is 0.142. The quantitative estimate of drug-likeness (QED) is 0.483. The van der Waals surface area contributed by atoms with Gasteiger partial charge < -0.3 is 9.47 Å². The largest absolute Gasteiger partial charge is 0.484 e. The number of amides is 1. The van der Waals surface area contributed by atoms with E-state index in [1.54, 1.807) is 18.2 Å². The molecule has 0 aliphatic heterocycles. The van der Waals surface area contributed by atoms with Crippen LogP contribution in [0, 0.1) is 18.2 Å². The van der Waals surface area contributed by atoms with E-state index in [9.17, 15) is 9.18 Å². The van der Waals surface area contributed by atoms with E-state index in [-0.39, 0.29) is 19.0 Å². The molecule has 5 nitrogen and oxygen atoms in total. The van der Waals surface area contributed by atoms with Crippen LogP contribution in [0.2, 0.25) is 0 Å². The molecule has 6 heteroatoms. The topological polar surface area (TPSA) is 59.9 Å². The lowest BCUT2D eigenvalue weighted by atomic mass is 10.2. The Kier molecular flexibility index (Phi) is 6.35. The van der Waals surface area contributed by atoms with Crippen molar-refractivity contribution < 1.29 is 18.7 Å². The van der Waals surface area contributed by atoms with Crippen molar-refractivity contribution in [2.24, 2.45) is 5.10 Å². The molecule has 0 aliphatic rings. The molecule has 0 saturated heterocycles. The van der Waals surface area contributed by atoms with Gasteiger partial charge in [0, 0.05) is 5.56 Å². The van der Waals surface area contributed by atoms with E-state index in [0.717, 1.165) is 0 Å². The van der Waals surface area contributed by atoms with E-state index >= 15 is 0 Å². The summed E-state index contributed by atoms with van der Waals surface area (Å²) in [6.07, 6.45) is 6.60. The Hall–Kier alpha value is -3.33. The van der Waals surface area contributed by atoms with Gasteiger partial charge in [0.1, 0.15) is 23.9 Å². The number of nitrogens with one attached hydrogen (secondary N) is 1. The number of carbonyl (C=O) groups is 1. The molecule has 0 atom stereocenters. The van der Waals surface area contributed by atoms with Crippen LogP contribution in [-0.2, 0) is 4.79 Å². The zero-order valence-corrected chi connectivity index (χ0v) is 12.7. The number of terminal acetylenes is 1. The lowest BCUT2D eigenvalue weighted by molar-refractivity contribution is -0.123. The van der Waals surface area contributed by atoms with E-state index in [1.807, 2.05) is 6.07 Å². The minimum atomic E-state index is -0.447. The highest BCUT2D eigenvalue weighted by Crippen LogP contribution is 2.15. The number of hydrogen-bond acceptors (Lipinski definition) is 4. The summed E-state index contributed by atoms with van der Waals surface area (Å²) < 4.78 is 23.3. The summed E-state index contributed by atoms with van der Waals surface area (Å²) in [4.78, 5) is 11.6. The summed E-state index contributed by atoms with van der Waals surface area (Å²) in [6.45, 7) is -0.0963. The normalized spacial score (nSPS) is 10.2. The highest BCUT2D eigenvalue weighted by molar-refractivity contribution is 5.85. The van der Waals surface area contributed by atoms with Crippen molar-refractivity contribution in [3.05, 3.63) is 59.9 Å². The predicted molar refractivity (Wildman–Crippen MR) is 88.4 cm³/mol. The summed E-state index contributed by atoms with van der Waals surface area (Å²) in [7, 11) is 0. The molecule has 0 spiro atoms. The Morgan fingerprint density at radius 2 is 1.96 bits per heavy atom. The van der Waals surface area contributed by atoms with E-state index in [2.05, 4.69) is 16.4 Å². The maximum Gasteiger partial charge on any atom is 0.277 e. The number of ether oxygens (including phenoxy) is 2. The number of halogens is 1. The van der Waals surface area contributed by atoms with Crippen molar-refractivity contribution in [3.63, 3.8) is 0 Å². The molecular formula is C18H15FN2O3. The van der Waals surface area contributed by atoms with Gasteiger partial charge in [-0.15, -0.1) is 6.42 Å². The van der Waals surface area contributed by atoms with Crippen molar-refractivity contribution >= 4 is 12.1 Å². The SMILES string of the molecule is C#CCOc1ccccc1/C=N\NC(=O)COc1ccc(F)cc1. The van der Waals surface area contributed by atoms with Gasteiger partial charge in [-0.05, 0) is 36.4 Å². The number of hydrogen-bond donors (Lipinski definition) is 1. The van der Waals surface area contributed by atoms with Gasteiger partial charge >= 0.3 is 0 Å². The Bertz CT molecular complexity index is 752. The molecule has 2 aromatic carbocycles. The second-order valence-corrected chi connectivity index (χ2v) is 4.57. The first-order chi connectivity index (χ1) is 11.7. The van der Waals surface area contributed by atoms with Crippen LogP contribution in [0.15, 0.2) is 53.6 Å². The molecule has 0 fully saturated rings. The van der Waals surface area contributed by atoms with Crippen LogP contribution in [-0.4, -0.2) is 25.3 Å². The van der Waals surface area contributed by atoms with Gasteiger partial charge in [0.15, 0.2) is 6.61 Å². The number of para-hydroxylation sites is 1.